The van der Waals surface area contributed by atoms with Gasteiger partial charge in [0.2, 0.25) is 15.9 Å². The molecule has 0 spiro atoms. The third kappa shape index (κ3) is 7.62. The largest absolute Gasteiger partial charge is 0.352 e. The van der Waals surface area contributed by atoms with Crippen LogP contribution in [0.2, 0.25) is 0 Å². The van der Waals surface area contributed by atoms with Crippen molar-refractivity contribution in [3.8, 4) is 0 Å². The summed E-state index contributed by atoms with van der Waals surface area (Å²) in [5.41, 5.74) is 0.987. The first-order valence-corrected chi connectivity index (χ1v) is 11.8. The molecule has 0 saturated carbocycles. The number of halogens is 1. The standard InChI is InChI=1S/C18H29N3O3S2.ClH/c1-13-4-6-16(7-5-13)26(23,24)21-17(9-11-25-3)18(22)20-15-8-10-19-14(2)12-15;/h4-7,14-15,17,19,21H,8-12H2,1-3H3,(H,20,22);1H. The van der Waals surface area contributed by atoms with Crippen LogP contribution in [0.1, 0.15) is 31.7 Å². The van der Waals surface area contributed by atoms with Gasteiger partial charge in [0, 0.05) is 12.1 Å². The lowest BCUT2D eigenvalue weighted by Gasteiger charge is -2.30. The molecular formula is C18H30ClN3O3S2. The maximum absolute atomic E-state index is 12.7. The number of nitrogens with one attached hydrogen (secondary N) is 3. The van der Waals surface area contributed by atoms with E-state index in [-0.39, 0.29) is 29.3 Å². The maximum atomic E-state index is 12.7. The van der Waals surface area contributed by atoms with Crippen molar-refractivity contribution < 1.29 is 13.2 Å². The van der Waals surface area contributed by atoms with E-state index in [1.165, 1.54) is 0 Å². The Hall–Kier alpha value is -0.800. The predicted octanol–water partition coefficient (Wildman–Crippen LogP) is 2.07. The van der Waals surface area contributed by atoms with Crippen LogP contribution in [0.5, 0.6) is 0 Å². The molecule has 3 unspecified atom stereocenters. The lowest BCUT2D eigenvalue weighted by Crippen LogP contribution is -2.53. The van der Waals surface area contributed by atoms with E-state index < -0.39 is 16.1 Å². The molecule has 9 heteroatoms. The van der Waals surface area contributed by atoms with E-state index >= 15 is 0 Å². The van der Waals surface area contributed by atoms with Crippen molar-refractivity contribution in [3.05, 3.63) is 29.8 Å². The highest BCUT2D eigenvalue weighted by Crippen LogP contribution is 2.13. The van der Waals surface area contributed by atoms with Crippen LogP contribution >= 0.6 is 24.2 Å². The van der Waals surface area contributed by atoms with E-state index in [4.69, 9.17) is 0 Å². The normalized spacial score (nSPS) is 21.1. The molecule has 3 atom stereocenters. The molecule has 1 aliphatic rings. The fourth-order valence-electron chi connectivity index (χ4n) is 3.02. The number of amides is 1. The maximum Gasteiger partial charge on any atom is 0.241 e. The predicted molar refractivity (Wildman–Crippen MR) is 114 cm³/mol. The molecule has 1 aliphatic heterocycles. The van der Waals surface area contributed by atoms with Crippen molar-refractivity contribution >= 4 is 40.1 Å². The van der Waals surface area contributed by atoms with Crippen LogP contribution in [-0.4, -0.2) is 51.0 Å². The summed E-state index contributed by atoms with van der Waals surface area (Å²) in [5.74, 6) is 0.464. The van der Waals surface area contributed by atoms with E-state index in [1.54, 1.807) is 36.0 Å². The van der Waals surface area contributed by atoms with Crippen LogP contribution in [0.25, 0.3) is 0 Å². The quantitative estimate of drug-likeness (QED) is 0.581. The number of rotatable bonds is 8. The number of hydrogen-bond donors (Lipinski definition) is 3. The number of piperidine rings is 1. The topological polar surface area (TPSA) is 87.3 Å². The number of carbonyl (C=O) groups excluding carboxylic acids is 1. The molecule has 1 aromatic carbocycles. The molecule has 1 saturated heterocycles. The summed E-state index contributed by atoms with van der Waals surface area (Å²) >= 11 is 1.59. The molecule has 0 aromatic heterocycles. The molecule has 2 rings (SSSR count). The summed E-state index contributed by atoms with van der Waals surface area (Å²) in [5, 5.41) is 6.37. The molecular weight excluding hydrogens is 406 g/mol. The van der Waals surface area contributed by atoms with E-state index in [0.29, 0.717) is 18.2 Å². The van der Waals surface area contributed by atoms with Gasteiger partial charge in [-0.3, -0.25) is 4.79 Å². The summed E-state index contributed by atoms with van der Waals surface area (Å²) in [6.45, 7) is 4.85. The Morgan fingerprint density at radius 1 is 1.33 bits per heavy atom. The highest BCUT2D eigenvalue weighted by Gasteiger charge is 2.28. The number of sulfonamides is 1. The second-order valence-electron chi connectivity index (χ2n) is 6.85. The first-order valence-electron chi connectivity index (χ1n) is 8.93. The summed E-state index contributed by atoms with van der Waals surface area (Å²) in [7, 11) is -3.74. The molecule has 154 valence electrons. The van der Waals surface area contributed by atoms with Gasteiger partial charge in [0.1, 0.15) is 6.04 Å². The van der Waals surface area contributed by atoms with Crippen molar-refractivity contribution in [2.75, 3.05) is 18.6 Å². The zero-order chi connectivity index (χ0) is 19.2. The van der Waals surface area contributed by atoms with E-state index in [9.17, 15) is 13.2 Å². The summed E-state index contributed by atoms with van der Waals surface area (Å²) in [4.78, 5) is 12.9. The second kappa shape index (κ2) is 11.3. The number of carbonyl (C=O) groups is 1. The molecule has 1 heterocycles. The first kappa shape index (κ1) is 24.2. The molecule has 3 N–H and O–H groups in total. The fraction of sp³-hybridized carbons (Fsp3) is 0.611. The average molecular weight is 436 g/mol. The van der Waals surface area contributed by atoms with Crippen LogP contribution in [-0.2, 0) is 14.8 Å². The zero-order valence-corrected chi connectivity index (χ0v) is 18.5. The monoisotopic (exact) mass is 435 g/mol. The Bertz CT molecular complexity index is 698. The third-order valence-corrected chi connectivity index (χ3v) is 6.66. The summed E-state index contributed by atoms with van der Waals surface area (Å²) < 4.78 is 27.9. The minimum atomic E-state index is -3.74. The van der Waals surface area contributed by atoms with Crippen molar-refractivity contribution in [1.29, 1.82) is 0 Å². The Morgan fingerprint density at radius 3 is 2.59 bits per heavy atom. The Kier molecular flexibility index (Phi) is 10.1. The van der Waals surface area contributed by atoms with Gasteiger partial charge in [0.25, 0.3) is 0 Å². The van der Waals surface area contributed by atoms with Gasteiger partial charge in [-0.15, -0.1) is 12.4 Å². The molecule has 1 aromatic rings. The van der Waals surface area contributed by atoms with E-state index in [1.807, 2.05) is 13.2 Å². The lowest BCUT2D eigenvalue weighted by molar-refractivity contribution is -0.123. The molecule has 0 bridgehead atoms. The summed E-state index contributed by atoms with van der Waals surface area (Å²) in [6.07, 6.45) is 4.11. The zero-order valence-electron chi connectivity index (χ0n) is 16.0. The highest BCUT2D eigenvalue weighted by atomic mass is 35.5. The number of hydrogen-bond acceptors (Lipinski definition) is 5. The van der Waals surface area contributed by atoms with Gasteiger partial charge in [-0.1, -0.05) is 17.7 Å². The molecule has 0 radical (unpaired) electrons. The molecule has 0 aliphatic carbocycles. The third-order valence-electron chi connectivity index (χ3n) is 4.53. The average Bonchev–Trinajstić information content (AvgIpc) is 2.59. The van der Waals surface area contributed by atoms with Gasteiger partial charge in [-0.25, -0.2) is 8.42 Å². The highest BCUT2D eigenvalue weighted by molar-refractivity contribution is 7.98. The second-order valence-corrected chi connectivity index (χ2v) is 9.55. The lowest BCUT2D eigenvalue weighted by atomic mass is 10.0. The Labute approximate surface area is 173 Å². The van der Waals surface area contributed by atoms with Crippen LogP contribution in [0, 0.1) is 6.92 Å². The molecule has 27 heavy (non-hydrogen) atoms. The van der Waals surface area contributed by atoms with Gasteiger partial charge in [-0.2, -0.15) is 16.5 Å². The van der Waals surface area contributed by atoms with Gasteiger partial charge < -0.3 is 10.6 Å². The van der Waals surface area contributed by atoms with Gasteiger partial charge in [0.15, 0.2) is 0 Å². The van der Waals surface area contributed by atoms with Gasteiger partial charge in [-0.05, 0) is 63.8 Å². The van der Waals surface area contributed by atoms with Gasteiger partial charge >= 0.3 is 0 Å². The number of thioether (sulfide) groups is 1. The van der Waals surface area contributed by atoms with Crippen molar-refractivity contribution in [2.45, 2.75) is 56.1 Å². The molecule has 6 nitrogen and oxygen atoms in total. The number of benzene rings is 1. The molecule has 1 fully saturated rings. The van der Waals surface area contributed by atoms with Crippen LogP contribution in [0.4, 0.5) is 0 Å². The van der Waals surface area contributed by atoms with Gasteiger partial charge in [0.05, 0.1) is 4.90 Å². The van der Waals surface area contributed by atoms with Crippen LogP contribution < -0.4 is 15.4 Å². The van der Waals surface area contributed by atoms with Crippen molar-refractivity contribution in [3.63, 3.8) is 0 Å². The minimum absolute atomic E-state index is 0. The van der Waals surface area contributed by atoms with E-state index in [0.717, 1.165) is 24.9 Å². The van der Waals surface area contributed by atoms with Crippen LogP contribution in [0.3, 0.4) is 0 Å². The smallest absolute Gasteiger partial charge is 0.241 e. The summed E-state index contributed by atoms with van der Waals surface area (Å²) in [6, 6.07) is 6.30. The van der Waals surface area contributed by atoms with Crippen LogP contribution in [0.15, 0.2) is 29.2 Å². The van der Waals surface area contributed by atoms with Crippen molar-refractivity contribution in [2.24, 2.45) is 0 Å². The van der Waals surface area contributed by atoms with E-state index in [2.05, 4.69) is 22.3 Å². The van der Waals surface area contributed by atoms with Crippen molar-refractivity contribution in [1.82, 2.24) is 15.4 Å². The fourth-order valence-corrected chi connectivity index (χ4v) is 4.72. The first-order chi connectivity index (χ1) is 12.3. The molecule has 1 amide bonds. The Balaban J connectivity index is 0.00000364. The minimum Gasteiger partial charge on any atom is -0.352 e. The SMILES string of the molecule is CSCCC(NS(=O)(=O)c1ccc(C)cc1)C(=O)NC1CCNC(C)C1.Cl. The number of aryl methyl sites for hydroxylation is 1. The Morgan fingerprint density at radius 2 is 2.00 bits per heavy atom.